The van der Waals surface area contributed by atoms with Crippen molar-refractivity contribution in [1.82, 2.24) is 0 Å². The molecule has 1 atom stereocenters. The zero-order chi connectivity index (χ0) is 59.2. The number of esters is 3. The van der Waals surface area contributed by atoms with Crippen molar-refractivity contribution in [2.75, 3.05) is 13.2 Å². The molecule has 0 bridgehead atoms. The summed E-state index contributed by atoms with van der Waals surface area (Å²) in [6, 6.07) is 0. The summed E-state index contributed by atoms with van der Waals surface area (Å²) in [6.07, 6.45) is 95.5. The molecule has 0 N–H and O–H groups in total. The van der Waals surface area contributed by atoms with Gasteiger partial charge in [-0.15, -0.1) is 0 Å². The molecule has 0 aliphatic heterocycles. The van der Waals surface area contributed by atoms with Crippen LogP contribution in [0, 0.1) is 0 Å². The highest BCUT2D eigenvalue weighted by atomic mass is 16.6. The number of unbranched alkanes of at least 4 members (excludes halogenated alkanes) is 34. The molecule has 0 spiro atoms. The molecule has 0 rings (SSSR count). The van der Waals surface area contributed by atoms with Crippen molar-refractivity contribution in [2.45, 2.75) is 341 Å². The van der Waals surface area contributed by atoms with Crippen LogP contribution in [0.5, 0.6) is 0 Å². The molecule has 0 radical (unpaired) electrons. The molecule has 0 saturated heterocycles. The first-order chi connectivity index (χ1) is 40.5. The van der Waals surface area contributed by atoms with E-state index in [9.17, 15) is 14.4 Å². The van der Waals surface area contributed by atoms with Gasteiger partial charge in [0.15, 0.2) is 6.10 Å². The fraction of sp³-hybridized carbons (Fsp3) is 0.724. The van der Waals surface area contributed by atoms with Gasteiger partial charge in [0, 0.05) is 19.3 Å². The van der Waals surface area contributed by atoms with Gasteiger partial charge < -0.3 is 14.2 Å². The lowest BCUT2D eigenvalue weighted by molar-refractivity contribution is -0.167. The molecule has 0 aromatic heterocycles. The molecule has 1 unspecified atom stereocenters. The number of hydrogen-bond acceptors (Lipinski definition) is 6. The quantitative estimate of drug-likeness (QED) is 0.0261. The highest BCUT2D eigenvalue weighted by molar-refractivity contribution is 5.71. The van der Waals surface area contributed by atoms with Crippen molar-refractivity contribution in [2.24, 2.45) is 0 Å². The van der Waals surface area contributed by atoms with Crippen LogP contribution in [0.3, 0.4) is 0 Å². The van der Waals surface area contributed by atoms with Crippen LogP contribution >= 0.6 is 0 Å². The molecule has 470 valence electrons. The molecule has 82 heavy (non-hydrogen) atoms. The second-order valence-electron chi connectivity index (χ2n) is 23.1. The van der Waals surface area contributed by atoms with Crippen molar-refractivity contribution in [3.8, 4) is 0 Å². The summed E-state index contributed by atoms with van der Waals surface area (Å²) < 4.78 is 16.9. The summed E-state index contributed by atoms with van der Waals surface area (Å²) in [5.41, 5.74) is 0. The number of hydrogen-bond donors (Lipinski definition) is 0. The smallest absolute Gasteiger partial charge is 0.306 e. The molecule has 0 saturated carbocycles. The van der Waals surface area contributed by atoms with E-state index in [0.717, 1.165) is 141 Å². The van der Waals surface area contributed by atoms with E-state index in [4.69, 9.17) is 14.2 Å². The summed E-state index contributed by atoms with van der Waals surface area (Å²) in [7, 11) is 0. The normalized spacial score (nSPS) is 12.8. The molecule has 0 heterocycles. The van der Waals surface area contributed by atoms with Gasteiger partial charge in [0.05, 0.1) is 0 Å². The minimum Gasteiger partial charge on any atom is -0.462 e. The maximum atomic E-state index is 12.9. The molecule has 6 nitrogen and oxygen atoms in total. The van der Waals surface area contributed by atoms with E-state index < -0.39 is 6.10 Å². The Hall–Kier alpha value is -3.93. The third-order valence-electron chi connectivity index (χ3n) is 15.0. The van der Waals surface area contributed by atoms with Crippen LogP contribution in [-0.2, 0) is 28.6 Å². The summed E-state index contributed by atoms with van der Waals surface area (Å²) in [5, 5.41) is 0. The topological polar surface area (TPSA) is 78.9 Å². The zero-order valence-electron chi connectivity index (χ0n) is 54.0. The van der Waals surface area contributed by atoms with Crippen molar-refractivity contribution < 1.29 is 28.6 Å². The van der Waals surface area contributed by atoms with Gasteiger partial charge in [0.2, 0.25) is 0 Å². The first-order valence-electron chi connectivity index (χ1n) is 34.9. The van der Waals surface area contributed by atoms with Crippen molar-refractivity contribution in [3.63, 3.8) is 0 Å². The monoisotopic (exact) mass is 1140 g/mol. The predicted molar refractivity (Wildman–Crippen MR) is 357 cm³/mol. The van der Waals surface area contributed by atoms with Gasteiger partial charge in [-0.25, -0.2) is 0 Å². The van der Waals surface area contributed by atoms with Gasteiger partial charge in [0.25, 0.3) is 0 Å². The Labute approximate surface area is 508 Å². The summed E-state index contributed by atoms with van der Waals surface area (Å²) >= 11 is 0. The Bertz CT molecular complexity index is 1640. The third kappa shape index (κ3) is 66.9. The Morgan fingerprint density at radius 3 is 0.805 bits per heavy atom. The van der Waals surface area contributed by atoms with Gasteiger partial charge in [-0.2, -0.15) is 0 Å². The Morgan fingerprint density at radius 2 is 0.500 bits per heavy atom. The lowest BCUT2D eigenvalue weighted by atomic mass is 10.0. The largest absolute Gasteiger partial charge is 0.462 e. The predicted octanol–water partition coefficient (Wildman–Crippen LogP) is 24.2. The fourth-order valence-electron chi connectivity index (χ4n) is 9.82. The van der Waals surface area contributed by atoms with Crippen LogP contribution in [0.15, 0.2) is 109 Å². The second kappa shape index (κ2) is 69.6. The highest BCUT2D eigenvalue weighted by Crippen LogP contribution is 2.17. The fourth-order valence-corrected chi connectivity index (χ4v) is 9.82. The van der Waals surface area contributed by atoms with Crippen LogP contribution in [0.4, 0.5) is 0 Å². The molecule has 6 heteroatoms. The Morgan fingerprint density at radius 1 is 0.256 bits per heavy atom. The minimum atomic E-state index is -0.804. The van der Waals surface area contributed by atoms with Crippen molar-refractivity contribution in [3.05, 3.63) is 109 Å². The van der Waals surface area contributed by atoms with Crippen LogP contribution in [0.1, 0.15) is 335 Å². The van der Waals surface area contributed by atoms with Gasteiger partial charge in [-0.1, -0.05) is 323 Å². The standard InChI is InChI=1S/C76H130O6/c1-4-7-10-13-16-19-22-25-27-29-31-33-35-37-39-40-42-44-46-48-51-54-57-60-63-66-69-75(78)81-72-73(71-80-74(77)68-65-62-59-56-53-50-24-21-18-15-12-9-6-3)82-76(79)70-67-64-61-58-55-52-49-47-45-43-41-38-36-34-32-30-28-26-23-20-17-14-11-8-5-2/h8,11-12,15,17,20-21,24,26,28,32,34,38,41,45,47,52,55,73H,4-7,9-10,13-14,16,18-19,22-23,25,27,29-31,33,35-37,39-40,42-44,46,48-51,53-54,56-72H2,1-3H3/b11-8-,15-12-,20-17-,24-21-,28-26-,34-32-,41-38-,47-45-,55-52-. The van der Waals surface area contributed by atoms with E-state index >= 15 is 0 Å². The molecule has 0 aliphatic rings. The average molecular weight is 1140 g/mol. The highest BCUT2D eigenvalue weighted by Gasteiger charge is 2.19. The van der Waals surface area contributed by atoms with E-state index in [1.54, 1.807) is 0 Å². The second-order valence-corrected chi connectivity index (χ2v) is 23.1. The first-order valence-corrected chi connectivity index (χ1v) is 34.9. The number of allylic oxidation sites excluding steroid dienone is 18. The molecule has 0 fully saturated rings. The minimum absolute atomic E-state index is 0.0949. The molecular formula is C76H130O6. The van der Waals surface area contributed by atoms with E-state index in [1.807, 2.05) is 0 Å². The number of carbonyl (C=O) groups is 3. The lowest BCUT2D eigenvalue weighted by Crippen LogP contribution is -2.30. The van der Waals surface area contributed by atoms with Gasteiger partial charge in [-0.3, -0.25) is 14.4 Å². The van der Waals surface area contributed by atoms with Gasteiger partial charge >= 0.3 is 17.9 Å². The molecule has 0 aliphatic carbocycles. The van der Waals surface area contributed by atoms with E-state index in [1.165, 1.54) is 154 Å². The number of carbonyl (C=O) groups excluding carboxylic acids is 3. The van der Waals surface area contributed by atoms with Crippen molar-refractivity contribution >= 4 is 17.9 Å². The van der Waals surface area contributed by atoms with Crippen molar-refractivity contribution in [1.29, 1.82) is 0 Å². The van der Waals surface area contributed by atoms with Crippen LogP contribution < -0.4 is 0 Å². The number of ether oxygens (including phenoxy) is 3. The van der Waals surface area contributed by atoms with E-state index in [0.29, 0.717) is 12.8 Å². The number of rotatable bonds is 63. The molecular weight excluding hydrogens is 1010 g/mol. The Kier molecular flexibility index (Phi) is 66.2. The summed E-state index contributed by atoms with van der Waals surface area (Å²) in [6.45, 7) is 6.46. The molecule has 0 aromatic rings. The maximum Gasteiger partial charge on any atom is 0.306 e. The summed E-state index contributed by atoms with van der Waals surface area (Å²) in [4.78, 5) is 38.4. The van der Waals surface area contributed by atoms with E-state index in [-0.39, 0.29) is 37.5 Å². The van der Waals surface area contributed by atoms with E-state index in [2.05, 4.69) is 130 Å². The maximum absolute atomic E-state index is 12.9. The van der Waals surface area contributed by atoms with Crippen LogP contribution in [0.2, 0.25) is 0 Å². The zero-order valence-corrected chi connectivity index (χ0v) is 54.0. The molecule has 0 amide bonds. The van der Waals surface area contributed by atoms with Gasteiger partial charge in [0.1, 0.15) is 13.2 Å². The average Bonchev–Trinajstić information content (AvgIpc) is 3.47. The third-order valence-corrected chi connectivity index (χ3v) is 15.0. The van der Waals surface area contributed by atoms with Gasteiger partial charge in [-0.05, 0) is 103 Å². The van der Waals surface area contributed by atoms with Crippen LogP contribution in [0.25, 0.3) is 0 Å². The lowest BCUT2D eigenvalue weighted by Gasteiger charge is -2.18. The first kappa shape index (κ1) is 78.1. The van der Waals surface area contributed by atoms with Crippen LogP contribution in [-0.4, -0.2) is 37.2 Å². The summed E-state index contributed by atoms with van der Waals surface area (Å²) in [5.74, 6) is -0.931. The molecule has 0 aromatic carbocycles. The SMILES string of the molecule is CC/C=C\C/C=C\C/C=C\C/C=C\C/C=C\C/C=C\C/C=C\CCCCCC(=O)OC(COC(=O)CCCCCCC/C=C\C/C=C\CCC)COC(=O)CCCCCCCCCCCCCCCCCCCCCCCCCCCC. The Balaban J connectivity index is 4.34.